The van der Waals surface area contributed by atoms with Crippen molar-refractivity contribution in [1.29, 1.82) is 0 Å². The van der Waals surface area contributed by atoms with Gasteiger partial charge in [0.2, 0.25) is 0 Å². The number of rotatable bonds is 9. The largest absolute Gasteiger partial charge is 0.396 e. The number of aliphatic hydroxyl groups excluding tert-OH is 1. The van der Waals surface area contributed by atoms with Gasteiger partial charge in [0, 0.05) is 32.3 Å². The van der Waals surface area contributed by atoms with E-state index in [9.17, 15) is 5.11 Å². The molecule has 0 aliphatic carbocycles. The molecule has 1 saturated heterocycles. The SMILES string of the molecule is OCC[C@@H](CN1CCCC1)N(Cc1ccccc1)Cc1ccccc1. The second-order valence-corrected chi connectivity index (χ2v) is 7.05. The molecule has 2 aromatic rings. The van der Waals surface area contributed by atoms with Gasteiger partial charge in [-0.05, 0) is 43.5 Å². The molecule has 0 aromatic heterocycles. The highest BCUT2D eigenvalue weighted by atomic mass is 16.3. The molecule has 3 nitrogen and oxygen atoms in total. The Morgan fingerprint density at radius 2 is 1.36 bits per heavy atom. The van der Waals surface area contributed by atoms with Crippen LogP contribution in [0.25, 0.3) is 0 Å². The second-order valence-electron chi connectivity index (χ2n) is 7.05. The number of likely N-dealkylation sites (tertiary alicyclic amines) is 1. The van der Waals surface area contributed by atoms with Crippen LogP contribution >= 0.6 is 0 Å². The van der Waals surface area contributed by atoms with Crippen molar-refractivity contribution < 1.29 is 5.11 Å². The summed E-state index contributed by atoms with van der Waals surface area (Å²) in [5, 5.41) is 9.65. The molecule has 1 aliphatic rings. The van der Waals surface area contributed by atoms with E-state index in [2.05, 4.69) is 70.5 Å². The zero-order valence-electron chi connectivity index (χ0n) is 15.1. The normalized spacial score (nSPS) is 16.4. The average Bonchev–Trinajstić information content (AvgIpc) is 3.16. The van der Waals surface area contributed by atoms with Gasteiger partial charge >= 0.3 is 0 Å². The van der Waals surface area contributed by atoms with Crippen LogP contribution in [-0.4, -0.2) is 47.2 Å². The predicted molar refractivity (Wildman–Crippen MR) is 103 cm³/mol. The first kappa shape index (κ1) is 18.1. The molecule has 1 heterocycles. The van der Waals surface area contributed by atoms with Gasteiger partial charge in [-0.3, -0.25) is 4.90 Å². The van der Waals surface area contributed by atoms with Gasteiger partial charge in [-0.2, -0.15) is 0 Å². The fourth-order valence-electron chi connectivity index (χ4n) is 3.75. The summed E-state index contributed by atoms with van der Waals surface area (Å²) >= 11 is 0. The van der Waals surface area contributed by atoms with E-state index in [4.69, 9.17) is 0 Å². The van der Waals surface area contributed by atoms with Gasteiger partial charge in [0.1, 0.15) is 0 Å². The molecule has 3 heteroatoms. The van der Waals surface area contributed by atoms with E-state index in [0.29, 0.717) is 6.04 Å². The monoisotopic (exact) mass is 338 g/mol. The van der Waals surface area contributed by atoms with E-state index in [1.54, 1.807) is 0 Å². The zero-order valence-corrected chi connectivity index (χ0v) is 15.1. The Labute approximate surface area is 151 Å². The molecule has 25 heavy (non-hydrogen) atoms. The fourth-order valence-corrected chi connectivity index (χ4v) is 3.75. The smallest absolute Gasteiger partial charge is 0.0446 e. The summed E-state index contributed by atoms with van der Waals surface area (Å²) in [6.45, 7) is 5.56. The maximum atomic E-state index is 9.65. The first-order valence-corrected chi connectivity index (χ1v) is 9.50. The van der Waals surface area contributed by atoms with Crippen LogP contribution in [-0.2, 0) is 13.1 Å². The van der Waals surface area contributed by atoms with Gasteiger partial charge < -0.3 is 10.0 Å². The first-order valence-electron chi connectivity index (χ1n) is 9.50. The molecule has 1 aliphatic heterocycles. The number of hydrogen-bond acceptors (Lipinski definition) is 3. The Balaban J connectivity index is 1.76. The van der Waals surface area contributed by atoms with Crippen molar-refractivity contribution in [3.63, 3.8) is 0 Å². The summed E-state index contributed by atoms with van der Waals surface area (Å²) in [4.78, 5) is 5.10. The van der Waals surface area contributed by atoms with E-state index in [0.717, 1.165) is 26.1 Å². The van der Waals surface area contributed by atoms with Gasteiger partial charge in [-0.1, -0.05) is 60.7 Å². The first-order chi connectivity index (χ1) is 12.3. The molecule has 1 N–H and O–H groups in total. The maximum absolute atomic E-state index is 9.65. The van der Waals surface area contributed by atoms with Crippen molar-refractivity contribution in [1.82, 2.24) is 9.80 Å². The van der Waals surface area contributed by atoms with Gasteiger partial charge in [-0.25, -0.2) is 0 Å². The Morgan fingerprint density at radius 3 is 1.84 bits per heavy atom. The van der Waals surface area contributed by atoms with E-state index in [-0.39, 0.29) is 6.61 Å². The lowest BCUT2D eigenvalue weighted by Crippen LogP contribution is -2.43. The van der Waals surface area contributed by atoms with Crippen LogP contribution in [0.3, 0.4) is 0 Å². The topological polar surface area (TPSA) is 26.7 Å². The molecule has 0 amide bonds. The summed E-state index contributed by atoms with van der Waals surface area (Å²) in [6.07, 6.45) is 3.45. The summed E-state index contributed by atoms with van der Waals surface area (Å²) in [7, 11) is 0. The quantitative estimate of drug-likeness (QED) is 0.758. The number of aliphatic hydroxyl groups is 1. The van der Waals surface area contributed by atoms with Crippen molar-refractivity contribution in [2.45, 2.75) is 38.4 Å². The molecular formula is C22H30N2O. The summed E-state index contributed by atoms with van der Waals surface area (Å²) in [6, 6.07) is 21.7. The molecule has 2 aromatic carbocycles. The van der Waals surface area contributed by atoms with Crippen LogP contribution in [0.2, 0.25) is 0 Å². The predicted octanol–water partition coefficient (Wildman–Crippen LogP) is 3.54. The molecule has 0 bridgehead atoms. The minimum absolute atomic E-state index is 0.249. The van der Waals surface area contributed by atoms with E-state index in [1.807, 2.05) is 0 Å². The standard InChI is InChI=1S/C22H30N2O/c25-16-13-22(19-23-14-7-8-15-23)24(17-20-9-3-1-4-10-20)18-21-11-5-2-6-12-21/h1-6,9-12,22,25H,7-8,13-19H2/t22-/m0/s1. The summed E-state index contributed by atoms with van der Waals surface area (Å²) in [5.74, 6) is 0. The van der Waals surface area contributed by atoms with E-state index in [1.165, 1.54) is 37.1 Å². The third-order valence-electron chi connectivity index (χ3n) is 5.10. The van der Waals surface area contributed by atoms with Crippen molar-refractivity contribution in [2.24, 2.45) is 0 Å². The highest BCUT2D eigenvalue weighted by molar-refractivity contribution is 5.17. The Morgan fingerprint density at radius 1 is 0.840 bits per heavy atom. The van der Waals surface area contributed by atoms with Gasteiger partial charge in [-0.15, -0.1) is 0 Å². The van der Waals surface area contributed by atoms with Crippen LogP contribution in [0.15, 0.2) is 60.7 Å². The minimum atomic E-state index is 0.249. The third-order valence-corrected chi connectivity index (χ3v) is 5.10. The van der Waals surface area contributed by atoms with Crippen LogP contribution in [0.4, 0.5) is 0 Å². The van der Waals surface area contributed by atoms with Crippen LogP contribution < -0.4 is 0 Å². The van der Waals surface area contributed by atoms with Crippen LogP contribution in [0.1, 0.15) is 30.4 Å². The molecule has 1 atom stereocenters. The third kappa shape index (κ3) is 5.67. The molecule has 0 saturated carbocycles. The molecular weight excluding hydrogens is 308 g/mol. The number of hydrogen-bond donors (Lipinski definition) is 1. The Hall–Kier alpha value is -1.68. The molecule has 3 rings (SSSR count). The fraction of sp³-hybridized carbons (Fsp3) is 0.455. The summed E-state index contributed by atoms with van der Waals surface area (Å²) < 4.78 is 0. The van der Waals surface area contributed by atoms with Crippen molar-refractivity contribution in [3.8, 4) is 0 Å². The lowest BCUT2D eigenvalue weighted by Gasteiger charge is -2.34. The van der Waals surface area contributed by atoms with Crippen molar-refractivity contribution in [3.05, 3.63) is 71.8 Å². The van der Waals surface area contributed by atoms with Crippen LogP contribution in [0.5, 0.6) is 0 Å². The lowest BCUT2D eigenvalue weighted by atomic mass is 10.1. The number of benzene rings is 2. The van der Waals surface area contributed by atoms with Gasteiger partial charge in [0.15, 0.2) is 0 Å². The molecule has 134 valence electrons. The lowest BCUT2D eigenvalue weighted by molar-refractivity contribution is 0.109. The Bertz CT molecular complexity index is 554. The van der Waals surface area contributed by atoms with Crippen LogP contribution in [0, 0.1) is 0 Å². The molecule has 1 fully saturated rings. The van der Waals surface area contributed by atoms with Gasteiger partial charge in [0.05, 0.1) is 0 Å². The van der Waals surface area contributed by atoms with E-state index < -0.39 is 0 Å². The number of nitrogens with zero attached hydrogens (tertiary/aromatic N) is 2. The Kier molecular flexibility index (Phi) is 7.04. The average molecular weight is 338 g/mol. The van der Waals surface area contributed by atoms with E-state index >= 15 is 0 Å². The maximum Gasteiger partial charge on any atom is 0.0446 e. The minimum Gasteiger partial charge on any atom is -0.396 e. The highest BCUT2D eigenvalue weighted by Gasteiger charge is 2.23. The summed E-state index contributed by atoms with van der Waals surface area (Å²) in [5.41, 5.74) is 2.67. The molecule has 0 unspecified atom stereocenters. The van der Waals surface area contributed by atoms with Gasteiger partial charge in [0.25, 0.3) is 0 Å². The highest BCUT2D eigenvalue weighted by Crippen LogP contribution is 2.18. The molecule has 0 radical (unpaired) electrons. The van der Waals surface area contributed by atoms with Crippen molar-refractivity contribution in [2.75, 3.05) is 26.2 Å². The van der Waals surface area contributed by atoms with Crippen molar-refractivity contribution >= 4 is 0 Å². The second kappa shape index (κ2) is 9.71. The zero-order chi connectivity index (χ0) is 17.3. The molecule has 0 spiro atoms.